The van der Waals surface area contributed by atoms with Gasteiger partial charge in [-0.05, 0) is 79.8 Å². The zero-order valence-corrected chi connectivity index (χ0v) is 17.8. The topological polar surface area (TPSA) is 29.9 Å². The van der Waals surface area contributed by atoms with Gasteiger partial charge in [0.2, 0.25) is 0 Å². The fraction of sp³-hybridized carbons (Fsp3) is 0.500. The van der Waals surface area contributed by atoms with Gasteiger partial charge in [0.1, 0.15) is 0 Å². The summed E-state index contributed by atoms with van der Waals surface area (Å²) in [5, 5.41) is 8.17. The first-order valence-electron chi connectivity index (χ1n) is 6.87. The van der Waals surface area contributed by atoms with Crippen LogP contribution in [0.25, 0.3) is 0 Å². The Morgan fingerprint density at radius 2 is 2.05 bits per heavy atom. The Bertz CT molecular complexity index is 621. The van der Waals surface area contributed by atoms with Gasteiger partial charge in [0.15, 0.2) is 0 Å². The molecule has 0 fully saturated rings. The third-order valence-corrected chi connectivity index (χ3v) is 6.78. The van der Waals surface area contributed by atoms with Crippen molar-refractivity contribution in [3.63, 3.8) is 0 Å². The van der Waals surface area contributed by atoms with Crippen LogP contribution in [0, 0.1) is 6.92 Å². The van der Waals surface area contributed by atoms with Crippen LogP contribution in [0.5, 0.6) is 0 Å². The average molecular weight is 500 g/mol. The molecule has 116 valence electrons. The lowest BCUT2D eigenvalue weighted by atomic mass is 10.0. The number of aromatic nitrogens is 2. The predicted molar refractivity (Wildman–Crippen MR) is 100 cm³/mol. The normalized spacial score (nSPS) is 12.9. The maximum Gasteiger partial charge on any atom is 0.0758 e. The summed E-state index contributed by atoms with van der Waals surface area (Å²) < 4.78 is 5.53. The molecule has 0 bridgehead atoms. The molecule has 7 heteroatoms. The lowest BCUT2D eigenvalue weighted by molar-refractivity contribution is 0.515. The highest BCUT2D eigenvalue weighted by Gasteiger charge is 2.21. The van der Waals surface area contributed by atoms with E-state index in [9.17, 15) is 0 Å². The Kier molecular flexibility index (Phi) is 6.50. The van der Waals surface area contributed by atoms with Crippen LogP contribution in [0.1, 0.15) is 36.8 Å². The molecule has 0 aromatic carbocycles. The number of rotatable bonds is 6. The number of thiophene rings is 1. The molecule has 0 aliphatic carbocycles. The zero-order valence-electron chi connectivity index (χ0n) is 12.2. The van der Waals surface area contributed by atoms with Crippen molar-refractivity contribution in [3.8, 4) is 0 Å². The Morgan fingerprint density at radius 3 is 2.57 bits per heavy atom. The molecule has 0 saturated heterocycles. The standard InChI is InChI=1S/C14H18Br3N3S/c1-4-18-10(9-6-12(15)21-14(9)17)7-11-13(16)8(3)19-20(11)5-2/h6,10,18H,4-5,7H2,1-3H3. The van der Waals surface area contributed by atoms with Crippen LogP contribution in [0.15, 0.2) is 18.1 Å². The van der Waals surface area contributed by atoms with Crippen molar-refractivity contribution in [1.82, 2.24) is 15.1 Å². The molecular formula is C14H18Br3N3S. The number of hydrogen-bond acceptors (Lipinski definition) is 3. The second-order valence-corrected chi connectivity index (χ2v) is 9.30. The van der Waals surface area contributed by atoms with Crippen LogP contribution in [-0.4, -0.2) is 16.3 Å². The van der Waals surface area contributed by atoms with Crippen LogP contribution >= 0.6 is 59.1 Å². The summed E-state index contributed by atoms with van der Waals surface area (Å²) in [4.78, 5) is 0. The molecule has 3 nitrogen and oxygen atoms in total. The molecule has 1 N–H and O–H groups in total. The van der Waals surface area contributed by atoms with Crippen LogP contribution in [-0.2, 0) is 13.0 Å². The molecule has 0 saturated carbocycles. The highest BCUT2D eigenvalue weighted by molar-refractivity contribution is 9.12. The summed E-state index contributed by atoms with van der Waals surface area (Å²) in [6.45, 7) is 8.12. The fourth-order valence-corrected chi connectivity index (χ4v) is 5.81. The first kappa shape index (κ1) is 17.7. The molecule has 0 spiro atoms. The van der Waals surface area contributed by atoms with Crippen molar-refractivity contribution in [2.24, 2.45) is 0 Å². The zero-order chi connectivity index (χ0) is 15.6. The molecule has 1 atom stereocenters. The van der Waals surface area contributed by atoms with E-state index < -0.39 is 0 Å². The highest BCUT2D eigenvalue weighted by atomic mass is 79.9. The van der Waals surface area contributed by atoms with E-state index in [0.29, 0.717) is 0 Å². The number of halogens is 3. The van der Waals surface area contributed by atoms with E-state index in [0.717, 1.165) is 33.5 Å². The van der Waals surface area contributed by atoms with Crippen LogP contribution in [0.3, 0.4) is 0 Å². The monoisotopic (exact) mass is 497 g/mol. The first-order valence-corrected chi connectivity index (χ1v) is 10.1. The van der Waals surface area contributed by atoms with Gasteiger partial charge in [-0.1, -0.05) is 6.92 Å². The summed E-state index contributed by atoms with van der Waals surface area (Å²) in [7, 11) is 0. The molecule has 0 amide bonds. The largest absolute Gasteiger partial charge is 0.310 e. The van der Waals surface area contributed by atoms with Gasteiger partial charge in [0.25, 0.3) is 0 Å². The highest BCUT2D eigenvalue weighted by Crippen LogP contribution is 2.37. The number of nitrogens with one attached hydrogen (secondary N) is 1. The van der Waals surface area contributed by atoms with Crippen LogP contribution in [0.4, 0.5) is 0 Å². The molecule has 2 aromatic heterocycles. The van der Waals surface area contributed by atoms with Crippen molar-refractivity contribution >= 4 is 59.1 Å². The van der Waals surface area contributed by atoms with Gasteiger partial charge in [-0.15, -0.1) is 11.3 Å². The lowest BCUT2D eigenvalue weighted by Crippen LogP contribution is -2.24. The Balaban J connectivity index is 2.35. The summed E-state index contributed by atoms with van der Waals surface area (Å²) in [5.41, 5.74) is 3.59. The third-order valence-electron chi connectivity index (χ3n) is 3.36. The van der Waals surface area contributed by atoms with Gasteiger partial charge in [0.05, 0.1) is 23.4 Å². The fourth-order valence-electron chi connectivity index (χ4n) is 2.39. The second-order valence-electron chi connectivity index (χ2n) is 4.76. The molecule has 2 heterocycles. The van der Waals surface area contributed by atoms with Crippen molar-refractivity contribution in [3.05, 3.63) is 35.1 Å². The number of likely N-dealkylation sites (N-methyl/N-ethyl adjacent to an activating group) is 1. The average Bonchev–Trinajstić information content (AvgIpc) is 2.91. The lowest BCUT2D eigenvalue weighted by Gasteiger charge is -2.18. The summed E-state index contributed by atoms with van der Waals surface area (Å²) in [6.07, 6.45) is 0.908. The van der Waals surface area contributed by atoms with E-state index in [-0.39, 0.29) is 6.04 Å². The molecule has 0 aliphatic rings. The quantitative estimate of drug-likeness (QED) is 0.572. The van der Waals surface area contributed by atoms with E-state index in [2.05, 4.69) is 82.8 Å². The smallest absolute Gasteiger partial charge is 0.0758 e. The number of nitrogens with zero attached hydrogens (tertiary/aromatic N) is 2. The summed E-state index contributed by atoms with van der Waals surface area (Å²) in [6, 6.07) is 2.46. The maximum atomic E-state index is 4.59. The van der Waals surface area contributed by atoms with Gasteiger partial charge >= 0.3 is 0 Å². The minimum absolute atomic E-state index is 0.268. The van der Waals surface area contributed by atoms with Gasteiger partial charge in [-0.25, -0.2) is 0 Å². The van der Waals surface area contributed by atoms with E-state index in [1.807, 2.05) is 6.92 Å². The van der Waals surface area contributed by atoms with Crippen LogP contribution in [0.2, 0.25) is 0 Å². The molecular weight excluding hydrogens is 482 g/mol. The number of aryl methyl sites for hydroxylation is 2. The van der Waals surface area contributed by atoms with Gasteiger partial charge in [-0.3, -0.25) is 4.68 Å². The molecule has 2 aromatic rings. The minimum atomic E-state index is 0.268. The third kappa shape index (κ3) is 3.99. The maximum absolute atomic E-state index is 4.59. The van der Waals surface area contributed by atoms with Crippen molar-refractivity contribution < 1.29 is 0 Å². The van der Waals surface area contributed by atoms with Crippen molar-refractivity contribution in [1.29, 1.82) is 0 Å². The first-order chi connectivity index (χ1) is 9.97. The van der Waals surface area contributed by atoms with Crippen LogP contribution < -0.4 is 5.32 Å². The summed E-state index contributed by atoms with van der Waals surface area (Å²) >= 11 is 12.6. The van der Waals surface area contributed by atoms with Gasteiger partial charge in [-0.2, -0.15) is 5.10 Å². The van der Waals surface area contributed by atoms with Gasteiger partial charge < -0.3 is 5.32 Å². The van der Waals surface area contributed by atoms with Crippen molar-refractivity contribution in [2.75, 3.05) is 6.54 Å². The molecule has 0 aliphatic heterocycles. The minimum Gasteiger partial charge on any atom is -0.310 e. The van der Waals surface area contributed by atoms with Crippen molar-refractivity contribution in [2.45, 2.75) is 39.8 Å². The second kappa shape index (κ2) is 7.73. The predicted octanol–water partition coefficient (Wildman–Crippen LogP) is 5.45. The van der Waals surface area contributed by atoms with E-state index in [1.165, 1.54) is 15.0 Å². The Morgan fingerprint density at radius 1 is 1.33 bits per heavy atom. The van der Waals surface area contributed by atoms with E-state index in [1.54, 1.807) is 11.3 Å². The Labute approximate surface area is 154 Å². The Hall–Kier alpha value is 0.310. The van der Waals surface area contributed by atoms with Gasteiger partial charge in [0, 0.05) is 19.0 Å². The molecule has 2 rings (SSSR count). The molecule has 21 heavy (non-hydrogen) atoms. The SMILES string of the molecule is CCNC(Cc1c(Br)c(C)nn1CC)c1cc(Br)sc1Br. The summed E-state index contributed by atoms with van der Waals surface area (Å²) in [5.74, 6) is 0. The van der Waals surface area contributed by atoms with E-state index >= 15 is 0 Å². The number of hydrogen-bond donors (Lipinski definition) is 1. The molecule has 1 unspecified atom stereocenters. The molecule has 0 radical (unpaired) electrons. The van der Waals surface area contributed by atoms with E-state index in [4.69, 9.17) is 0 Å².